The van der Waals surface area contributed by atoms with E-state index < -0.39 is 11.0 Å². The minimum atomic E-state index is -1.48. The van der Waals surface area contributed by atoms with Crippen molar-refractivity contribution < 1.29 is 18.8 Å². The van der Waals surface area contributed by atoms with Crippen LogP contribution in [0.15, 0.2) is 48.6 Å². The van der Waals surface area contributed by atoms with E-state index in [-0.39, 0.29) is 22.5 Å². The molecule has 2 aliphatic carbocycles. The molecule has 6 rings (SSSR count). The smallest absolute Gasteiger partial charge is 0.263 e. The van der Waals surface area contributed by atoms with Crippen LogP contribution in [0.4, 0.5) is 5.69 Å². The highest BCUT2D eigenvalue weighted by Gasteiger charge is 2.44. The maximum atomic E-state index is 13.4. The Morgan fingerprint density at radius 2 is 1.96 bits per heavy atom. The number of anilines is 1. The van der Waals surface area contributed by atoms with Crippen LogP contribution in [0, 0.1) is 23.7 Å². The van der Waals surface area contributed by atoms with Gasteiger partial charge >= 0.3 is 0 Å². The van der Waals surface area contributed by atoms with E-state index in [4.69, 9.17) is 21.4 Å². The fourth-order valence-electron chi connectivity index (χ4n) is 7.90. The summed E-state index contributed by atoms with van der Waals surface area (Å²) in [5.41, 5.74) is 4.02. The molecule has 9 heteroatoms. The molecule has 46 heavy (non-hydrogen) atoms. The van der Waals surface area contributed by atoms with Gasteiger partial charge in [0.05, 0.1) is 17.5 Å². The van der Waals surface area contributed by atoms with Gasteiger partial charge < -0.3 is 19.6 Å². The van der Waals surface area contributed by atoms with Crippen molar-refractivity contribution in [2.45, 2.75) is 69.5 Å². The number of nitrogens with zero attached hydrogens (tertiary/aromatic N) is 2. The third-order valence-electron chi connectivity index (χ3n) is 10.9. The Balaban J connectivity index is 0.00000204. The predicted molar refractivity (Wildman–Crippen MR) is 189 cm³/mol. The molecule has 0 aromatic heterocycles. The maximum absolute atomic E-state index is 13.4. The van der Waals surface area contributed by atoms with Crippen molar-refractivity contribution in [3.8, 4) is 5.75 Å². The van der Waals surface area contributed by atoms with Gasteiger partial charge in [0, 0.05) is 36.2 Å². The number of rotatable bonds is 3. The molecule has 1 fully saturated rings. The summed E-state index contributed by atoms with van der Waals surface area (Å²) in [6, 6.07) is 12.1. The number of nitrogens with one attached hydrogen (secondary N) is 1. The number of benzene rings is 2. The molecule has 1 saturated carbocycles. The molecule has 1 spiro atoms. The lowest BCUT2D eigenvalue weighted by Crippen LogP contribution is -2.49. The summed E-state index contributed by atoms with van der Waals surface area (Å²) < 4.78 is 22.7. The van der Waals surface area contributed by atoms with Gasteiger partial charge in [0.25, 0.3) is 5.91 Å². The standard InChI is InChI=1S/C36H48ClN3O3S.CH4O/c1-24-7-5-8-26(16-18-39(3)4)31-13-10-29(31)21-40-22-36(17-6-9-27-19-30(37)12-14-32(27)36)23-43-34-15-11-28(20-33(34)40)35(41)38-44(42)25(24)2;1-2/h5,8,11-12,14-15,19-20,24-26,29,31H,6-7,9-10,13,16-18,21-23H2,1-4H3,(H,38,41);2H,1H3/b8-5+;/t24?,25?,26?,29?,31?,36-,44?;/m0./s1. The summed E-state index contributed by atoms with van der Waals surface area (Å²) in [6.07, 6.45) is 12.4. The van der Waals surface area contributed by atoms with Gasteiger partial charge in [-0.3, -0.25) is 9.52 Å². The van der Waals surface area contributed by atoms with E-state index in [1.165, 1.54) is 24.0 Å². The second-order valence-electron chi connectivity index (χ2n) is 14.1. The van der Waals surface area contributed by atoms with E-state index in [0.717, 1.165) is 75.3 Å². The van der Waals surface area contributed by atoms with Crippen LogP contribution in [-0.2, 0) is 22.8 Å². The van der Waals surface area contributed by atoms with E-state index in [1.54, 1.807) is 0 Å². The first-order chi connectivity index (χ1) is 22.1. The normalized spacial score (nSPS) is 31.7. The van der Waals surface area contributed by atoms with Crippen LogP contribution in [0.5, 0.6) is 5.75 Å². The van der Waals surface area contributed by atoms with Gasteiger partial charge in [0.2, 0.25) is 0 Å². The number of aryl methyl sites for hydroxylation is 1. The number of carbonyl (C=O) groups excluding carboxylic acids is 1. The van der Waals surface area contributed by atoms with E-state index >= 15 is 0 Å². The lowest BCUT2D eigenvalue weighted by atomic mass is 9.65. The molecule has 7 nitrogen and oxygen atoms in total. The van der Waals surface area contributed by atoms with Crippen LogP contribution in [0.25, 0.3) is 0 Å². The third-order valence-corrected chi connectivity index (χ3v) is 12.7. The van der Waals surface area contributed by atoms with Crippen molar-refractivity contribution in [2.24, 2.45) is 23.7 Å². The second kappa shape index (κ2) is 15.2. The molecule has 7 atom stereocenters. The minimum absolute atomic E-state index is 0.156. The Morgan fingerprint density at radius 1 is 1.15 bits per heavy atom. The first kappa shape index (κ1) is 34.9. The lowest BCUT2D eigenvalue weighted by Gasteiger charge is -2.46. The van der Waals surface area contributed by atoms with E-state index in [1.807, 2.05) is 31.2 Å². The summed E-state index contributed by atoms with van der Waals surface area (Å²) in [7, 11) is 3.83. The molecule has 2 heterocycles. The van der Waals surface area contributed by atoms with Crippen LogP contribution in [0.3, 0.4) is 0 Å². The van der Waals surface area contributed by atoms with E-state index in [2.05, 4.69) is 59.8 Å². The summed E-state index contributed by atoms with van der Waals surface area (Å²) in [4.78, 5) is 18.3. The van der Waals surface area contributed by atoms with Gasteiger partial charge in [0.1, 0.15) is 16.7 Å². The molecule has 6 unspecified atom stereocenters. The van der Waals surface area contributed by atoms with Crippen molar-refractivity contribution in [1.29, 1.82) is 0 Å². The Bertz CT molecular complexity index is 1430. The number of aliphatic hydroxyl groups is 1. The Kier molecular flexibility index (Phi) is 11.6. The average Bonchev–Trinajstić information content (AvgIpc) is 3.18. The Hall–Kier alpha value is -2.39. The monoisotopic (exact) mass is 669 g/mol. The molecule has 2 aromatic carbocycles. The van der Waals surface area contributed by atoms with E-state index in [0.29, 0.717) is 29.9 Å². The van der Waals surface area contributed by atoms with E-state index in [9.17, 15) is 9.00 Å². The number of allylic oxidation sites excluding steroid dienone is 2. The number of amides is 1. The van der Waals surface area contributed by atoms with Crippen LogP contribution < -0.4 is 14.4 Å². The van der Waals surface area contributed by atoms with Gasteiger partial charge in [-0.05, 0) is 138 Å². The number of fused-ring (bicyclic) bond motifs is 4. The predicted octanol–water partition coefficient (Wildman–Crippen LogP) is 6.39. The largest absolute Gasteiger partial charge is 0.490 e. The quantitative estimate of drug-likeness (QED) is 0.369. The highest BCUT2D eigenvalue weighted by atomic mass is 35.5. The molecule has 4 aliphatic rings. The first-order valence-electron chi connectivity index (χ1n) is 16.9. The molecule has 1 amide bonds. The number of halogens is 1. The molecule has 2 bridgehead atoms. The first-order valence-corrected chi connectivity index (χ1v) is 18.5. The van der Waals surface area contributed by atoms with Crippen LogP contribution in [0.2, 0.25) is 5.02 Å². The zero-order valence-electron chi connectivity index (χ0n) is 28.1. The zero-order chi connectivity index (χ0) is 33.0. The molecule has 0 saturated heterocycles. The van der Waals surface area contributed by atoms with Gasteiger partial charge in [-0.2, -0.15) is 0 Å². The van der Waals surface area contributed by atoms with Crippen molar-refractivity contribution in [1.82, 2.24) is 9.62 Å². The van der Waals surface area contributed by atoms with Gasteiger partial charge in [0.15, 0.2) is 0 Å². The number of aliphatic hydroxyl groups excluding tert-OH is 1. The maximum Gasteiger partial charge on any atom is 0.263 e. The number of carbonyl (C=O) groups is 1. The second-order valence-corrected chi connectivity index (χ2v) is 16.1. The molecule has 2 N–H and O–H groups in total. The topological polar surface area (TPSA) is 82.1 Å². The van der Waals surface area contributed by atoms with Gasteiger partial charge in [-0.25, -0.2) is 4.21 Å². The SMILES string of the molecule is CC1C/C=C/C(CCN(C)C)C2CCC2CN2C[C@@]3(CCCc4cc(Cl)ccc43)COc3ccc(cc32)C(=O)NS(=O)C1C.CO. The van der Waals surface area contributed by atoms with Crippen LogP contribution >= 0.6 is 11.6 Å². The van der Waals surface area contributed by atoms with Crippen molar-refractivity contribution in [3.05, 3.63) is 70.3 Å². The van der Waals surface area contributed by atoms with Gasteiger partial charge in [-0.15, -0.1) is 0 Å². The number of ether oxygens (including phenoxy) is 1. The molecule has 0 radical (unpaired) electrons. The third kappa shape index (κ3) is 7.51. The molecular formula is C37H52ClN3O4S. The average molecular weight is 670 g/mol. The summed E-state index contributed by atoms with van der Waals surface area (Å²) in [5, 5.41) is 7.63. The fourth-order valence-corrected chi connectivity index (χ4v) is 9.11. The highest BCUT2D eigenvalue weighted by molar-refractivity contribution is 7.84. The number of hydrogen-bond donors (Lipinski definition) is 2. The Labute approximate surface area is 283 Å². The molecule has 252 valence electrons. The lowest BCUT2D eigenvalue weighted by molar-refractivity contribution is 0.0982. The number of hydrogen-bond acceptors (Lipinski definition) is 6. The van der Waals surface area contributed by atoms with Crippen molar-refractivity contribution in [2.75, 3.05) is 52.3 Å². The highest BCUT2D eigenvalue weighted by Crippen LogP contribution is 2.48. The molecular weight excluding hydrogens is 618 g/mol. The Morgan fingerprint density at radius 3 is 2.70 bits per heavy atom. The summed E-state index contributed by atoms with van der Waals surface area (Å²) >= 11 is 6.45. The van der Waals surface area contributed by atoms with Crippen LogP contribution in [0.1, 0.15) is 73.9 Å². The minimum Gasteiger partial charge on any atom is -0.490 e. The molecule has 2 aromatic rings. The van der Waals surface area contributed by atoms with Crippen molar-refractivity contribution >= 4 is 34.2 Å². The van der Waals surface area contributed by atoms with Gasteiger partial charge in [-0.1, -0.05) is 36.7 Å². The summed E-state index contributed by atoms with van der Waals surface area (Å²) in [5.74, 6) is 2.41. The fraction of sp³-hybridized carbons (Fsp3) is 0.595. The summed E-state index contributed by atoms with van der Waals surface area (Å²) in [6.45, 7) is 7.54. The van der Waals surface area contributed by atoms with Crippen LogP contribution in [-0.4, -0.2) is 72.8 Å². The zero-order valence-corrected chi connectivity index (χ0v) is 29.7. The molecule has 2 aliphatic heterocycles. The van der Waals surface area contributed by atoms with Crippen molar-refractivity contribution in [3.63, 3.8) is 0 Å².